The second-order valence-electron chi connectivity index (χ2n) is 12.9. The van der Waals surface area contributed by atoms with Crippen LogP contribution in [0, 0.1) is 0 Å². The first kappa shape index (κ1) is 28.4. The predicted molar refractivity (Wildman–Crippen MR) is 201 cm³/mol. The second-order valence-corrected chi connectivity index (χ2v) is 12.9. The first-order chi connectivity index (χ1) is 24.8. The Morgan fingerprint density at radius 3 is 1.62 bits per heavy atom. The van der Waals surface area contributed by atoms with E-state index in [1.54, 1.807) is 0 Å². The molecular formula is C47H30N2O. The van der Waals surface area contributed by atoms with E-state index in [0.717, 1.165) is 61.8 Å². The molecule has 50 heavy (non-hydrogen) atoms. The van der Waals surface area contributed by atoms with Crippen LogP contribution in [-0.4, -0.2) is 9.97 Å². The molecule has 0 saturated carbocycles. The molecule has 2 heterocycles. The molecule has 1 aliphatic heterocycles. The van der Waals surface area contributed by atoms with Crippen LogP contribution in [-0.2, 0) is 5.41 Å². The average molecular weight is 639 g/mol. The molecule has 234 valence electrons. The molecule has 0 fully saturated rings. The lowest BCUT2D eigenvalue weighted by atomic mass is 9.66. The summed E-state index contributed by atoms with van der Waals surface area (Å²) in [6.45, 7) is 0. The van der Waals surface area contributed by atoms with E-state index in [1.807, 2.05) is 12.1 Å². The zero-order valence-corrected chi connectivity index (χ0v) is 27.1. The quantitative estimate of drug-likeness (QED) is 0.192. The van der Waals surface area contributed by atoms with Crippen LogP contribution < -0.4 is 4.74 Å². The van der Waals surface area contributed by atoms with Gasteiger partial charge in [0.15, 0.2) is 5.82 Å². The third kappa shape index (κ3) is 4.23. The summed E-state index contributed by atoms with van der Waals surface area (Å²) in [4.78, 5) is 10.6. The van der Waals surface area contributed by atoms with Gasteiger partial charge in [0.2, 0.25) is 0 Å². The van der Waals surface area contributed by atoms with Gasteiger partial charge in [-0.15, -0.1) is 0 Å². The Kier molecular flexibility index (Phi) is 6.40. The summed E-state index contributed by atoms with van der Waals surface area (Å²) >= 11 is 0. The van der Waals surface area contributed by atoms with Gasteiger partial charge in [0.05, 0.1) is 16.8 Å². The SMILES string of the molecule is c1ccc(-c2cccc(-c3nc(-c4ccccc4)cc(-c4cccc5c4-c4ccccc4C54c5ccccc5Oc5ccccc54)n3)c2)cc1. The van der Waals surface area contributed by atoms with Crippen molar-refractivity contribution in [3.8, 4) is 67.7 Å². The molecule has 1 spiro atoms. The van der Waals surface area contributed by atoms with Crippen LogP contribution in [0.15, 0.2) is 182 Å². The first-order valence-corrected chi connectivity index (χ1v) is 17.0. The van der Waals surface area contributed by atoms with Crippen molar-refractivity contribution < 1.29 is 4.74 Å². The summed E-state index contributed by atoms with van der Waals surface area (Å²) in [6.07, 6.45) is 0. The van der Waals surface area contributed by atoms with Gasteiger partial charge in [0.25, 0.3) is 0 Å². The fourth-order valence-electron chi connectivity index (χ4n) is 8.06. The molecule has 0 saturated heterocycles. The molecule has 0 radical (unpaired) electrons. The Morgan fingerprint density at radius 2 is 0.880 bits per heavy atom. The van der Waals surface area contributed by atoms with Crippen LogP contribution in [0.5, 0.6) is 11.5 Å². The number of hydrogen-bond donors (Lipinski definition) is 0. The summed E-state index contributed by atoms with van der Waals surface area (Å²) in [7, 11) is 0. The van der Waals surface area contributed by atoms with Crippen LogP contribution in [0.1, 0.15) is 22.3 Å². The zero-order chi connectivity index (χ0) is 33.1. The lowest BCUT2D eigenvalue weighted by molar-refractivity contribution is 0.436. The highest BCUT2D eigenvalue weighted by Crippen LogP contribution is 2.63. The Balaban J connectivity index is 1.25. The topological polar surface area (TPSA) is 35.0 Å². The van der Waals surface area contributed by atoms with E-state index in [9.17, 15) is 0 Å². The molecule has 3 heteroatoms. The van der Waals surface area contributed by atoms with Crippen LogP contribution in [0.2, 0.25) is 0 Å². The fraction of sp³-hybridized carbons (Fsp3) is 0.0213. The largest absolute Gasteiger partial charge is 0.457 e. The first-order valence-electron chi connectivity index (χ1n) is 17.0. The number of hydrogen-bond acceptors (Lipinski definition) is 3. The highest BCUT2D eigenvalue weighted by atomic mass is 16.5. The van der Waals surface area contributed by atoms with Crippen molar-refractivity contribution >= 4 is 0 Å². The third-order valence-electron chi connectivity index (χ3n) is 10.2. The van der Waals surface area contributed by atoms with Crippen molar-refractivity contribution in [3.63, 3.8) is 0 Å². The normalized spacial score (nSPS) is 13.1. The standard InChI is InChI=1S/C47H30N2O/c1-3-15-31(16-4-1)33-19-13-20-34(29-33)46-48-41(32-17-5-2-6-18-32)30-42(49-46)36-22-14-26-40-45(36)35-21-7-8-23-37(35)47(40)38-24-9-11-27-43(38)50-44-28-12-10-25-39(44)47/h1-30H. The number of nitrogens with zero attached hydrogens (tertiary/aromatic N) is 2. The summed E-state index contributed by atoms with van der Waals surface area (Å²) < 4.78 is 6.56. The smallest absolute Gasteiger partial charge is 0.160 e. The Labute approximate surface area is 291 Å². The van der Waals surface area contributed by atoms with Crippen molar-refractivity contribution in [1.29, 1.82) is 0 Å². The lowest BCUT2D eigenvalue weighted by Crippen LogP contribution is -2.32. The Bertz CT molecular complexity index is 2530. The van der Waals surface area contributed by atoms with Crippen molar-refractivity contribution in [1.82, 2.24) is 9.97 Å². The maximum atomic E-state index is 6.56. The lowest BCUT2D eigenvalue weighted by Gasteiger charge is -2.39. The number of aromatic nitrogens is 2. The molecule has 8 aromatic rings. The maximum absolute atomic E-state index is 6.56. The fourth-order valence-corrected chi connectivity index (χ4v) is 8.06. The third-order valence-corrected chi connectivity index (χ3v) is 10.2. The second kappa shape index (κ2) is 11.3. The molecule has 0 atom stereocenters. The molecule has 0 unspecified atom stereocenters. The molecule has 1 aliphatic carbocycles. The summed E-state index contributed by atoms with van der Waals surface area (Å²) in [5, 5.41) is 0. The van der Waals surface area contributed by atoms with Crippen molar-refractivity contribution in [2.45, 2.75) is 5.41 Å². The molecule has 0 amide bonds. The molecule has 1 aromatic heterocycles. The van der Waals surface area contributed by atoms with Crippen LogP contribution >= 0.6 is 0 Å². The van der Waals surface area contributed by atoms with E-state index < -0.39 is 5.41 Å². The summed E-state index contributed by atoms with van der Waals surface area (Å²) in [5.74, 6) is 2.46. The number of para-hydroxylation sites is 2. The van der Waals surface area contributed by atoms with E-state index in [2.05, 4.69) is 170 Å². The van der Waals surface area contributed by atoms with Crippen LogP contribution in [0.3, 0.4) is 0 Å². The van der Waals surface area contributed by atoms with Gasteiger partial charge >= 0.3 is 0 Å². The minimum Gasteiger partial charge on any atom is -0.457 e. The predicted octanol–water partition coefficient (Wildman–Crippen LogP) is 11.6. The summed E-state index contributed by atoms with van der Waals surface area (Å²) in [5.41, 5.74) is 13.8. The number of fused-ring (bicyclic) bond motifs is 9. The zero-order valence-electron chi connectivity index (χ0n) is 27.1. The van der Waals surface area contributed by atoms with E-state index in [-0.39, 0.29) is 0 Å². The Hall–Kier alpha value is -6.58. The van der Waals surface area contributed by atoms with Crippen molar-refractivity contribution in [2.75, 3.05) is 0 Å². The van der Waals surface area contributed by atoms with Gasteiger partial charge in [0.1, 0.15) is 11.5 Å². The molecule has 0 bridgehead atoms. The highest BCUT2D eigenvalue weighted by Gasteiger charge is 2.51. The van der Waals surface area contributed by atoms with Crippen molar-refractivity contribution in [2.24, 2.45) is 0 Å². The van der Waals surface area contributed by atoms with E-state index in [4.69, 9.17) is 14.7 Å². The van der Waals surface area contributed by atoms with E-state index >= 15 is 0 Å². The Morgan fingerprint density at radius 1 is 0.360 bits per heavy atom. The van der Waals surface area contributed by atoms with Gasteiger partial charge in [-0.25, -0.2) is 9.97 Å². The molecule has 10 rings (SSSR count). The van der Waals surface area contributed by atoms with Crippen LogP contribution in [0.25, 0.3) is 56.2 Å². The number of benzene rings is 7. The van der Waals surface area contributed by atoms with E-state index in [1.165, 1.54) is 22.3 Å². The van der Waals surface area contributed by atoms with Gasteiger partial charge in [-0.05, 0) is 57.6 Å². The molecule has 0 N–H and O–H groups in total. The summed E-state index contributed by atoms with van der Waals surface area (Å²) in [6, 6.07) is 64.1. The van der Waals surface area contributed by atoms with Gasteiger partial charge in [-0.1, -0.05) is 158 Å². The van der Waals surface area contributed by atoms with Gasteiger partial charge in [-0.2, -0.15) is 0 Å². The minimum atomic E-state index is -0.546. The number of rotatable bonds is 4. The van der Waals surface area contributed by atoms with Crippen molar-refractivity contribution in [3.05, 3.63) is 204 Å². The van der Waals surface area contributed by atoms with E-state index in [0.29, 0.717) is 5.82 Å². The maximum Gasteiger partial charge on any atom is 0.160 e. The van der Waals surface area contributed by atoms with Gasteiger partial charge in [-0.3, -0.25) is 0 Å². The van der Waals surface area contributed by atoms with Crippen LogP contribution in [0.4, 0.5) is 0 Å². The molecule has 3 nitrogen and oxygen atoms in total. The minimum absolute atomic E-state index is 0.546. The van der Waals surface area contributed by atoms with Gasteiger partial charge < -0.3 is 4.74 Å². The molecule has 7 aromatic carbocycles. The molecular weight excluding hydrogens is 609 g/mol. The van der Waals surface area contributed by atoms with Gasteiger partial charge in [0, 0.05) is 27.8 Å². The molecule has 2 aliphatic rings. The average Bonchev–Trinajstić information content (AvgIpc) is 3.49. The number of ether oxygens (including phenoxy) is 1. The highest BCUT2D eigenvalue weighted by molar-refractivity contribution is 5.96. The monoisotopic (exact) mass is 638 g/mol.